The first kappa shape index (κ1) is 13.1. The maximum absolute atomic E-state index is 5.64. The van der Waals surface area contributed by atoms with E-state index in [9.17, 15) is 0 Å². The number of ether oxygens (including phenoxy) is 1. The first-order valence-corrected chi connectivity index (χ1v) is 5.77. The van der Waals surface area contributed by atoms with Crippen LogP contribution in [-0.2, 0) is 13.7 Å². The van der Waals surface area contributed by atoms with Gasteiger partial charge >= 0.3 is 0 Å². The van der Waals surface area contributed by atoms with E-state index in [0.29, 0.717) is 18.2 Å². The lowest BCUT2D eigenvalue weighted by Gasteiger charge is -2.10. The van der Waals surface area contributed by atoms with E-state index >= 15 is 0 Å². The van der Waals surface area contributed by atoms with Gasteiger partial charge in [0.05, 0.1) is 6.20 Å². The highest BCUT2D eigenvalue weighted by atomic mass is 16.5. The monoisotopic (exact) mass is 263 g/mol. The lowest BCUT2D eigenvalue weighted by Crippen LogP contribution is -2.18. The highest BCUT2D eigenvalue weighted by Gasteiger charge is 2.08. The van der Waals surface area contributed by atoms with E-state index in [4.69, 9.17) is 10.5 Å². The molecule has 0 saturated heterocycles. The van der Waals surface area contributed by atoms with Crippen molar-refractivity contribution in [1.29, 1.82) is 0 Å². The Balaban J connectivity index is 2.10. The number of nitrogens with one attached hydrogen (secondary N) is 2. The van der Waals surface area contributed by atoms with Crippen LogP contribution in [0.1, 0.15) is 11.4 Å². The fraction of sp³-hybridized carbons (Fsp3) is 0.364. The van der Waals surface area contributed by atoms with Gasteiger partial charge in [0.2, 0.25) is 5.95 Å². The Kier molecular flexibility index (Phi) is 3.81. The van der Waals surface area contributed by atoms with Crippen LogP contribution in [0.2, 0.25) is 0 Å². The standard InChI is InChI=1S/C11H17N7O/c1-7-4-8(17-18(7)3)6-19-9-5-14-11(12)15-10(9)16-13-2/h4-5,13H,6H2,1-3H3,(H3,12,14,15,16). The Morgan fingerprint density at radius 3 is 2.89 bits per heavy atom. The van der Waals surface area contributed by atoms with Crippen molar-refractivity contribution in [3.8, 4) is 5.75 Å². The van der Waals surface area contributed by atoms with Crippen LogP contribution < -0.4 is 21.3 Å². The lowest BCUT2D eigenvalue weighted by molar-refractivity contribution is 0.299. The molecule has 0 saturated carbocycles. The van der Waals surface area contributed by atoms with Crippen molar-refractivity contribution < 1.29 is 4.74 Å². The predicted octanol–water partition coefficient (Wildman–Crippen LogP) is 0.226. The van der Waals surface area contributed by atoms with Crippen molar-refractivity contribution in [3.05, 3.63) is 23.7 Å². The van der Waals surface area contributed by atoms with Crippen LogP contribution in [-0.4, -0.2) is 26.8 Å². The number of hydrogen-bond acceptors (Lipinski definition) is 7. The quantitative estimate of drug-likeness (QED) is 0.663. The highest BCUT2D eigenvalue weighted by molar-refractivity contribution is 5.50. The minimum atomic E-state index is 0.179. The van der Waals surface area contributed by atoms with Gasteiger partial charge in [-0.25, -0.2) is 10.4 Å². The SMILES string of the molecule is CNNc1nc(N)ncc1OCc1cc(C)n(C)n1. The third-order valence-electron chi connectivity index (χ3n) is 2.56. The topological polar surface area (TPSA) is 103 Å². The number of hydrogen-bond donors (Lipinski definition) is 3. The van der Waals surface area contributed by atoms with Gasteiger partial charge in [0, 0.05) is 19.8 Å². The molecule has 2 aromatic heterocycles. The molecule has 0 fully saturated rings. The molecule has 0 aliphatic heterocycles. The van der Waals surface area contributed by atoms with Crippen molar-refractivity contribution in [2.75, 3.05) is 18.2 Å². The maximum Gasteiger partial charge on any atom is 0.222 e. The Bertz CT molecular complexity index is 547. The smallest absolute Gasteiger partial charge is 0.222 e. The summed E-state index contributed by atoms with van der Waals surface area (Å²) >= 11 is 0. The molecule has 0 atom stereocenters. The minimum absolute atomic E-state index is 0.179. The molecule has 4 N–H and O–H groups in total. The van der Waals surface area contributed by atoms with Crippen LogP contribution in [0, 0.1) is 6.92 Å². The van der Waals surface area contributed by atoms with Crippen LogP contribution in [0.25, 0.3) is 0 Å². The summed E-state index contributed by atoms with van der Waals surface area (Å²) in [6.45, 7) is 2.32. The Hall–Kier alpha value is -2.35. The molecule has 2 aromatic rings. The Morgan fingerprint density at radius 1 is 1.47 bits per heavy atom. The van der Waals surface area contributed by atoms with Gasteiger partial charge in [-0.2, -0.15) is 10.1 Å². The molecular weight excluding hydrogens is 246 g/mol. The second kappa shape index (κ2) is 5.53. The normalized spacial score (nSPS) is 10.5. The van der Waals surface area contributed by atoms with Crippen molar-refractivity contribution >= 4 is 11.8 Å². The molecule has 0 aromatic carbocycles. The zero-order valence-electron chi connectivity index (χ0n) is 11.1. The first-order chi connectivity index (χ1) is 9.10. The van der Waals surface area contributed by atoms with E-state index in [1.807, 2.05) is 20.0 Å². The number of rotatable bonds is 5. The molecule has 8 heteroatoms. The van der Waals surface area contributed by atoms with E-state index in [1.54, 1.807) is 11.7 Å². The summed E-state index contributed by atoms with van der Waals surface area (Å²) in [6, 6.07) is 1.96. The molecule has 0 spiro atoms. The zero-order valence-corrected chi connectivity index (χ0v) is 11.1. The number of aryl methyl sites for hydroxylation is 2. The fourth-order valence-electron chi connectivity index (χ4n) is 1.56. The first-order valence-electron chi connectivity index (χ1n) is 5.77. The van der Waals surface area contributed by atoms with Gasteiger partial charge in [-0.3, -0.25) is 4.68 Å². The third kappa shape index (κ3) is 3.10. The fourth-order valence-corrected chi connectivity index (χ4v) is 1.56. The number of hydrazine groups is 1. The summed E-state index contributed by atoms with van der Waals surface area (Å²) in [5.74, 6) is 1.17. The molecule has 0 unspecified atom stereocenters. The molecule has 19 heavy (non-hydrogen) atoms. The Labute approximate surface area is 111 Å². The summed E-state index contributed by atoms with van der Waals surface area (Å²) in [7, 11) is 3.61. The predicted molar refractivity (Wildman–Crippen MR) is 71.4 cm³/mol. The van der Waals surface area contributed by atoms with Crippen LogP contribution >= 0.6 is 0 Å². The van der Waals surface area contributed by atoms with E-state index in [2.05, 4.69) is 25.9 Å². The molecule has 2 heterocycles. The van der Waals surface area contributed by atoms with Gasteiger partial charge in [-0.15, -0.1) is 0 Å². The van der Waals surface area contributed by atoms with Crippen LogP contribution in [0.3, 0.4) is 0 Å². The maximum atomic E-state index is 5.64. The molecule has 0 aliphatic carbocycles. The summed E-state index contributed by atoms with van der Waals surface area (Å²) in [5.41, 5.74) is 13.0. The highest BCUT2D eigenvalue weighted by Crippen LogP contribution is 2.21. The van der Waals surface area contributed by atoms with Gasteiger partial charge in [-0.05, 0) is 13.0 Å². The average Bonchev–Trinajstić information content (AvgIpc) is 2.68. The van der Waals surface area contributed by atoms with Gasteiger partial charge in [0.15, 0.2) is 11.6 Å². The average molecular weight is 263 g/mol. The van der Waals surface area contributed by atoms with E-state index in [-0.39, 0.29) is 5.95 Å². The summed E-state index contributed by atoms with van der Waals surface area (Å²) in [6.07, 6.45) is 1.53. The molecular formula is C11H17N7O. The van der Waals surface area contributed by atoms with Crippen molar-refractivity contribution in [3.63, 3.8) is 0 Å². The number of nitrogen functional groups attached to an aromatic ring is 1. The lowest BCUT2D eigenvalue weighted by atomic mass is 10.4. The van der Waals surface area contributed by atoms with E-state index < -0.39 is 0 Å². The molecule has 102 valence electrons. The molecule has 2 rings (SSSR count). The summed E-state index contributed by atoms with van der Waals surface area (Å²) in [5, 5.41) is 4.31. The van der Waals surface area contributed by atoms with Crippen molar-refractivity contribution in [1.82, 2.24) is 25.2 Å². The van der Waals surface area contributed by atoms with Gasteiger partial charge < -0.3 is 15.9 Å². The van der Waals surface area contributed by atoms with Crippen LogP contribution in [0.5, 0.6) is 5.75 Å². The van der Waals surface area contributed by atoms with Crippen molar-refractivity contribution in [2.24, 2.45) is 7.05 Å². The van der Waals surface area contributed by atoms with E-state index in [0.717, 1.165) is 11.4 Å². The molecule has 0 radical (unpaired) electrons. The van der Waals surface area contributed by atoms with Crippen molar-refractivity contribution in [2.45, 2.75) is 13.5 Å². The number of nitrogens with two attached hydrogens (primary N) is 1. The molecule has 8 nitrogen and oxygen atoms in total. The Morgan fingerprint density at radius 2 is 2.26 bits per heavy atom. The molecule has 0 amide bonds. The van der Waals surface area contributed by atoms with E-state index in [1.165, 1.54) is 6.20 Å². The number of aromatic nitrogens is 4. The number of nitrogens with zero attached hydrogens (tertiary/aromatic N) is 4. The van der Waals surface area contributed by atoms with Gasteiger partial charge in [0.25, 0.3) is 0 Å². The molecule has 0 bridgehead atoms. The largest absolute Gasteiger partial charge is 0.482 e. The second-order valence-corrected chi connectivity index (χ2v) is 4.01. The summed E-state index contributed by atoms with van der Waals surface area (Å²) in [4.78, 5) is 7.95. The molecule has 0 aliphatic rings. The number of anilines is 2. The zero-order chi connectivity index (χ0) is 13.8. The van der Waals surface area contributed by atoms with Gasteiger partial charge in [0.1, 0.15) is 12.3 Å². The van der Waals surface area contributed by atoms with Crippen LogP contribution in [0.15, 0.2) is 12.3 Å². The third-order valence-corrected chi connectivity index (χ3v) is 2.56. The second-order valence-electron chi connectivity index (χ2n) is 4.01. The van der Waals surface area contributed by atoms with Gasteiger partial charge in [-0.1, -0.05) is 0 Å². The van der Waals surface area contributed by atoms with Crippen LogP contribution in [0.4, 0.5) is 11.8 Å². The summed E-state index contributed by atoms with van der Waals surface area (Å²) < 4.78 is 7.44. The minimum Gasteiger partial charge on any atom is -0.482 e.